The second-order valence-corrected chi connectivity index (χ2v) is 8.86. The fraction of sp³-hybridized carbons (Fsp3) is 0.652. The molecule has 11 nitrogen and oxygen atoms in total. The maximum atomic E-state index is 13.3. The van der Waals surface area contributed by atoms with Gasteiger partial charge in [-0.1, -0.05) is 0 Å². The monoisotopic (exact) mass is 475 g/mol. The molecule has 0 spiro atoms. The summed E-state index contributed by atoms with van der Waals surface area (Å²) in [6.07, 6.45) is 5.35. The largest absolute Gasteiger partial charge is 0.483 e. The quantitative estimate of drug-likeness (QED) is 0.505. The van der Waals surface area contributed by atoms with E-state index in [0.29, 0.717) is 5.56 Å². The van der Waals surface area contributed by atoms with Crippen LogP contribution in [0, 0.1) is 0 Å². The molecule has 1 unspecified atom stereocenters. The van der Waals surface area contributed by atoms with Crippen molar-refractivity contribution in [3.05, 3.63) is 18.0 Å². The number of fused-ring (bicyclic) bond motifs is 1. The predicted octanol–water partition coefficient (Wildman–Crippen LogP) is 1.11. The average molecular weight is 476 g/mol. The number of aromatic nitrogens is 3. The van der Waals surface area contributed by atoms with Crippen molar-refractivity contribution >= 4 is 29.1 Å². The summed E-state index contributed by atoms with van der Waals surface area (Å²) in [6.45, 7) is 11.2. The van der Waals surface area contributed by atoms with Gasteiger partial charge in [-0.25, -0.2) is 9.67 Å². The third kappa shape index (κ3) is 6.64. The number of rotatable bonds is 7. The fourth-order valence-electron chi connectivity index (χ4n) is 4.40. The highest BCUT2D eigenvalue weighted by Crippen LogP contribution is 2.28. The molecule has 188 valence electrons. The van der Waals surface area contributed by atoms with Crippen molar-refractivity contribution in [3.63, 3.8) is 0 Å². The minimum Gasteiger partial charge on any atom is -0.483 e. The van der Waals surface area contributed by atoms with E-state index in [1.165, 1.54) is 0 Å². The summed E-state index contributed by atoms with van der Waals surface area (Å²) in [7, 11) is 2.15. The van der Waals surface area contributed by atoms with Gasteiger partial charge in [-0.2, -0.15) is 5.10 Å². The van der Waals surface area contributed by atoms with Crippen molar-refractivity contribution in [2.24, 2.45) is 0 Å². The number of hydrogen-bond acceptors (Lipinski definition) is 8. The summed E-state index contributed by atoms with van der Waals surface area (Å²) in [5, 5.41) is 19.1. The molecular weight excluding hydrogens is 438 g/mol. The van der Waals surface area contributed by atoms with Gasteiger partial charge in [-0.05, 0) is 33.7 Å². The Morgan fingerprint density at radius 2 is 1.94 bits per heavy atom. The molecule has 34 heavy (non-hydrogen) atoms. The molecule has 2 fully saturated rings. The van der Waals surface area contributed by atoms with Gasteiger partial charge in [0.05, 0.1) is 22.8 Å². The van der Waals surface area contributed by atoms with Crippen LogP contribution in [0.15, 0.2) is 12.4 Å². The number of carbonyl (C=O) groups excluding carboxylic acids is 1. The topological polar surface area (TPSA) is 125 Å². The van der Waals surface area contributed by atoms with E-state index in [1.807, 2.05) is 17.8 Å². The zero-order valence-corrected chi connectivity index (χ0v) is 20.4. The zero-order chi connectivity index (χ0) is 24.5. The van der Waals surface area contributed by atoms with Crippen LogP contribution in [0.3, 0.4) is 0 Å². The van der Waals surface area contributed by atoms with Crippen molar-refractivity contribution in [2.75, 3.05) is 58.3 Å². The number of nitrogens with one attached hydrogen (secondary N) is 2. The van der Waals surface area contributed by atoms with E-state index in [1.54, 1.807) is 6.20 Å². The molecule has 2 aliphatic heterocycles. The highest BCUT2D eigenvalue weighted by molar-refractivity contribution is 6.06. The van der Waals surface area contributed by atoms with Crippen LogP contribution in [0.4, 0.5) is 5.69 Å². The number of ether oxygens (including phenoxy) is 1. The van der Waals surface area contributed by atoms with Crippen LogP contribution in [0.5, 0.6) is 0 Å². The molecule has 11 heteroatoms. The Morgan fingerprint density at radius 3 is 2.59 bits per heavy atom. The van der Waals surface area contributed by atoms with Crippen LogP contribution in [0.1, 0.15) is 37.0 Å². The lowest BCUT2D eigenvalue weighted by Gasteiger charge is -2.34. The number of amides is 1. The maximum absolute atomic E-state index is 13.3. The van der Waals surface area contributed by atoms with Gasteiger partial charge in [-0.3, -0.25) is 14.5 Å². The summed E-state index contributed by atoms with van der Waals surface area (Å²) < 4.78 is 7.36. The number of pyridine rings is 1. The first-order valence-electron chi connectivity index (χ1n) is 11.9. The summed E-state index contributed by atoms with van der Waals surface area (Å²) in [5.74, 6) is -0.0881. The Kier molecular flexibility index (Phi) is 9.61. The molecular formula is C23H37N7O4. The van der Waals surface area contributed by atoms with Crippen molar-refractivity contribution < 1.29 is 19.4 Å². The number of aryl methyl sites for hydroxylation is 1. The fourth-order valence-corrected chi connectivity index (χ4v) is 4.40. The molecule has 3 N–H and O–H groups in total. The molecule has 2 aliphatic rings. The van der Waals surface area contributed by atoms with E-state index in [0.717, 1.165) is 82.0 Å². The molecule has 0 bridgehead atoms. The first kappa shape index (κ1) is 25.9. The Hall–Kier alpha value is -2.76. The maximum Gasteiger partial charge on any atom is 0.290 e. The van der Waals surface area contributed by atoms with E-state index < -0.39 is 0 Å². The first-order valence-corrected chi connectivity index (χ1v) is 11.9. The van der Waals surface area contributed by atoms with Gasteiger partial charge < -0.3 is 25.4 Å². The van der Waals surface area contributed by atoms with Crippen LogP contribution < -0.4 is 10.6 Å². The normalized spacial score (nSPS) is 18.7. The van der Waals surface area contributed by atoms with Gasteiger partial charge in [0, 0.05) is 70.8 Å². The molecule has 2 aromatic rings. The lowest BCUT2D eigenvalue weighted by molar-refractivity contribution is -0.122. The lowest BCUT2D eigenvalue weighted by atomic mass is 10.1. The molecule has 4 heterocycles. The molecule has 2 aromatic heterocycles. The number of hydrogen-bond donors (Lipinski definition) is 3. The van der Waals surface area contributed by atoms with Gasteiger partial charge in [0.1, 0.15) is 0 Å². The third-order valence-electron chi connectivity index (χ3n) is 6.29. The number of likely N-dealkylation sites (N-methyl/N-ethyl adjacent to an activating group) is 1. The molecule has 0 aromatic carbocycles. The van der Waals surface area contributed by atoms with Crippen LogP contribution in [-0.4, -0.2) is 107 Å². The van der Waals surface area contributed by atoms with E-state index in [9.17, 15) is 4.79 Å². The van der Waals surface area contributed by atoms with Crippen molar-refractivity contribution in [1.82, 2.24) is 29.9 Å². The minimum absolute atomic E-state index is 0.0564. The van der Waals surface area contributed by atoms with E-state index in [4.69, 9.17) is 14.6 Å². The predicted molar refractivity (Wildman–Crippen MR) is 130 cm³/mol. The number of carbonyl (C=O) groups is 2. The van der Waals surface area contributed by atoms with Gasteiger partial charge in [0.2, 0.25) is 0 Å². The minimum atomic E-state index is -0.250. The third-order valence-corrected chi connectivity index (χ3v) is 6.29. The second kappa shape index (κ2) is 12.6. The van der Waals surface area contributed by atoms with Crippen molar-refractivity contribution in [3.8, 4) is 0 Å². The van der Waals surface area contributed by atoms with E-state index >= 15 is 0 Å². The van der Waals surface area contributed by atoms with Crippen LogP contribution >= 0.6 is 0 Å². The molecule has 4 rings (SSSR count). The van der Waals surface area contributed by atoms with E-state index in [-0.39, 0.29) is 24.5 Å². The van der Waals surface area contributed by atoms with Crippen molar-refractivity contribution in [2.45, 2.75) is 45.3 Å². The van der Waals surface area contributed by atoms with Crippen molar-refractivity contribution in [1.29, 1.82) is 0 Å². The SMILES string of the molecule is CCn1ncc2c(NC3CCOCC3)c(C(=O)NC(C)CN3CCN(C)CC3)cnc21.O=CO. The molecule has 1 atom stereocenters. The molecule has 0 radical (unpaired) electrons. The lowest BCUT2D eigenvalue weighted by Crippen LogP contribution is -2.49. The van der Waals surface area contributed by atoms with Crippen LogP contribution in [-0.2, 0) is 16.1 Å². The van der Waals surface area contributed by atoms with Gasteiger partial charge in [0.25, 0.3) is 12.4 Å². The van der Waals surface area contributed by atoms with Gasteiger partial charge in [0.15, 0.2) is 5.65 Å². The zero-order valence-electron chi connectivity index (χ0n) is 20.4. The Bertz CT molecular complexity index is 937. The summed E-state index contributed by atoms with van der Waals surface area (Å²) in [4.78, 5) is 31.0. The highest BCUT2D eigenvalue weighted by Gasteiger charge is 2.24. The van der Waals surface area contributed by atoms with E-state index in [2.05, 4.69) is 44.5 Å². The summed E-state index contributed by atoms with van der Waals surface area (Å²) in [5.41, 5.74) is 2.22. The number of nitrogens with zero attached hydrogens (tertiary/aromatic N) is 5. The van der Waals surface area contributed by atoms with Crippen LogP contribution in [0.25, 0.3) is 11.0 Å². The molecule has 2 saturated heterocycles. The molecule has 0 saturated carbocycles. The highest BCUT2D eigenvalue weighted by atomic mass is 16.5. The Balaban J connectivity index is 0.00000103. The number of piperazine rings is 1. The second-order valence-electron chi connectivity index (χ2n) is 8.86. The van der Waals surface area contributed by atoms with Crippen LogP contribution in [0.2, 0.25) is 0 Å². The Labute approximate surface area is 200 Å². The Morgan fingerprint density at radius 1 is 1.26 bits per heavy atom. The smallest absolute Gasteiger partial charge is 0.290 e. The molecule has 1 amide bonds. The average Bonchev–Trinajstić information content (AvgIpc) is 3.25. The summed E-state index contributed by atoms with van der Waals surface area (Å²) in [6, 6.07) is 0.333. The van der Waals surface area contributed by atoms with Gasteiger partial charge in [-0.15, -0.1) is 0 Å². The number of anilines is 1. The molecule has 0 aliphatic carbocycles. The summed E-state index contributed by atoms with van der Waals surface area (Å²) >= 11 is 0. The number of carboxylic acid groups (broad SMARTS) is 1. The standard InChI is InChI=1S/C22H35N7O2.CH2O2/c1-4-29-21-18(14-24-29)20(26-17-5-11-31-12-6-17)19(13-23-21)22(30)25-16(2)15-28-9-7-27(3)8-10-28;2-1-3/h13-14,16-17H,4-12,15H2,1-3H3,(H,23,26)(H,25,30);1H,(H,2,3). The van der Waals surface area contributed by atoms with Gasteiger partial charge >= 0.3 is 0 Å². The first-order chi connectivity index (χ1) is 16.5.